The molecule has 0 spiro atoms. The summed E-state index contributed by atoms with van der Waals surface area (Å²) in [4.78, 5) is 0. The molecule has 1 heterocycles. The first kappa shape index (κ1) is 17.5. The fourth-order valence-electron chi connectivity index (χ4n) is 3.32. The van der Waals surface area contributed by atoms with Crippen molar-refractivity contribution in [1.82, 2.24) is 0 Å². The highest BCUT2D eigenvalue weighted by Gasteiger charge is 2.22. The van der Waals surface area contributed by atoms with Gasteiger partial charge >= 0.3 is 0 Å². The average molecular weight is 447 g/mol. The topological polar surface area (TPSA) is 22.4 Å². The monoisotopic (exact) mass is 446 g/mol. The summed E-state index contributed by atoms with van der Waals surface area (Å²) in [7, 11) is -1.02. The molecule has 0 fully saturated rings. The van der Waals surface area contributed by atoms with Crippen LogP contribution in [-0.4, -0.2) is 0 Å². The Balaban J connectivity index is 1.71. The first-order valence-electron chi connectivity index (χ1n) is 8.99. The third-order valence-electron chi connectivity index (χ3n) is 4.61. The molecule has 1 aromatic heterocycles. The molecule has 0 saturated carbocycles. The van der Waals surface area contributed by atoms with E-state index in [0.717, 1.165) is 32.2 Å². The maximum Gasteiger partial charge on any atom is 0.150 e. The molecule has 0 aliphatic carbocycles. The van der Waals surface area contributed by atoms with Crippen LogP contribution in [0.3, 0.4) is 0 Å². The quantitative estimate of drug-likeness (QED) is 0.284. The van der Waals surface area contributed by atoms with Crippen LogP contribution in [0.5, 0.6) is 5.75 Å². The average Bonchev–Trinajstić information content (AvgIpc) is 3.13. The van der Waals surface area contributed by atoms with Crippen molar-refractivity contribution >= 4 is 56.6 Å². The third kappa shape index (κ3) is 3.11. The molecule has 0 radical (unpaired) electrons. The summed E-state index contributed by atoms with van der Waals surface area (Å²) in [5.41, 5.74) is 1.69. The van der Waals surface area contributed by atoms with Crippen LogP contribution in [0.2, 0.25) is 0 Å². The molecular formula is C24H16BrO2P. The van der Waals surface area contributed by atoms with Crippen molar-refractivity contribution in [3.8, 4) is 5.75 Å². The summed E-state index contributed by atoms with van der Waals surface area (Å²) in [6.07, 6.45) is 0. The first-order valence-corrected chi connectivity index (χ1v) is 11.0. The lowest BCUT2D eigenvalue weighted by atomic mass is 10.1. The van der Waals surface area contributed by atoms with Crippen LogP contribution in [0, 0.1) is 0 Å². The minimum atomic E-state index is -1.02. The Hall–Kier alpha value is -2.61. The van der Waals surface area contributed by atoms with E-state index in [0.29, 0.717) is 0 Å². The van der Waals surface area contributed by atoms with Gasteiger partial charge in [0.25, 0.3) is 0 Å². The van der Waals surface area contributed by atoms with E-state index < -0.39 is 8.15 Å². The van der Waals surface area contributed by atoms with Gasteiger partial charge in [-0.1, -0.05) is 78.9 Å². The molecule has 2 nitrogen and oxygen atoms in total. The molecule has 4 aromatic carbocycles. The lowest BCUT2D eigenvalue weighted by molar-refractivity contribution is 0.630. The van der Waals surface area contributed by atoms with E-state index in [9.17, 15) is 0 Å². The van der Waals surface area contributed by atoms with E-state index in [2.05, 4.69) is 70.5 Å². The van der Waals surface area contributed by atoms with Gasteiger partial charge in [0, 0.05) is 16.0 Å². The van der Waals surface area contributed by atoms with Gasteiger partial charge in [-0.05, 0) is 34.1 Å². The molecule has 0 atom stereocenters. The van der Waals surface area contributed by atoms with Crippen molar-refractivity contribution in [3.05, 3.63) is 102 Å². The summed E-state index contributed by atoms with van der Waals surface area (Å²) < 4.78 is 13.7. The van der Waals surface area contributed by atoms with Gasteiger partial charge in [-0.15, -0.1) is 0 Å². The number of hydrogen-bond donors (Lipinski definition) is 0. The van der Waals surface area contributed by atoms with Crippen molar-refractivity contribution < 1.29 is 8.94 Å². The number of para-hydroxylation sites is 1. The van der Waals surface area contributed by atoms with Gasteiger partial charge in [-0.2, -0.15) is 0 Å². The Labute approximate surface area is 172 Å². The number of benzene rings is 4. The highest BCUT2D eigenvalue weighted by Crippen LogP contribution is 2.46. The predicted molar refractivity (Wildman–Crippen MR) is 121 cm³/mol. The van der Waals surface area contributed by atoms with Crippen molar-refractivity contribution in [2.24, 2.45) is 0 Å². The van der Waals surface area contributed by atoms with Gasteiger partial charge in [0.1, 0.15) is 16.9 Å². The summed E-state index contributed by atoms with van der Waals surface area (Å²) in [5, 5.41) is 4.40. The second kappa shape index (κ2) is 7.43. The largest absolute Gasteiger partial charge is 0.463 e. The predicted octanol–water partition coefficient (Wildman–Crippen LogP) is 6.78. The zero-order valence-electron chi connectivity index (χ0n) is 14.9. The second-order valence-corrected chi connectivity index (χ2v) is 9.06. The maximum atomic E-state index is 6.76. The van der Waals surface area contributed by atoms with E-state index in [1.54, 1.807) is 0 Å². The molecule has 0 aliphatic rings. The summed E-state index contributed by atoms with van der Waals surface area (Å²) >= 11 is 3.71. The van der Waals surface area contributed by atoms with Gasteiger partial charge in [-0.25, -0.2) is 0 Å². The van der Waals surface area contributed by atoms with Crippen LogP contribution in [0.25, 0.3) is 21.9 Å². The molecule has 28 heavy (non-hydrogen) atoms. The first-order chi connectivity index (χ1) is 13.8. The minimum absolute atomic E-state index is 0.821. The molecule has 0 aliphatic heterocycles. The molecule has 4 heteroatoms. The summed E-state index contributed by atoms with van der Waals surface area (Å²) in [6.45, 7) is 0. The van der Waals surface area contributed by atoms with E-state index in [4.69, 9.17) is 8.94 Å². The molecular weight excluding hydrogens is 431 g/mol. The van der Waals surface area contributed by atoms with Crippen molar-refractivity contribution in [1.29, 1.82) is 0 Å². The number of rotatable bonds is 4. The van der Waals surface area contributed by atoms with Crippen LogP contribution in [-0.2, 0) is 0 Å². The number of furan rings is 1. The smallest absolute Gasteiger partial charge is 0.150 e. The highest BCUT2D eigenvalue weighted by molar-refractivity contribution is 9.10. The van der Waals surface area contributed by atoms with Gasteiger partial charge in [0.2, 0.25) is 0 Å². The molecule has 136 valence electrons. The lowest BCUT2D eigenvalue weighted by Gasteiger charge is -2.20. The fraction of sp³-hybridized carbons (Fsp3) is 0. The Morgan fingerprint density at radius 1 is 0.643 bits per heavy atom. The van der Waals surface area contributed by atoms with Crippen molar-refractivity contribution in [3.63, 3.8) is 0 Å². The van der Waals surface area contributed by atoms with E-state index >= 15 is 0 Å². The Morgan fingerprint density at radius 3 is 1.93 bits per heavy atom. The normalized spacial score (nSPS) is 11.4. The van der Waals surface area contributed by atoms with Crippen LogP contribution in [0.4, 0.5) is 0 Å². The minimum Gasteiger partial charge on any atom is -0.463 e. The lowest BCUT2D eigenvalue weighted by Crippen LogP contribution is -2.15. The second-order valence-electron chi connectivity index (χ2n) is 6.40. The zero-order chi connectivity index (χ0) is 18.9. The number of fused-ring (bicyclic) bond motifs is 3. The van der Waals surface area contributed by atoms with E-state index in [1.165, 1.54) is 10.6 Å². The Kier molecular flexibility index (Phi) is 4.64. The van der Waals surface area contributed by atoms with Crippen molar-refractivity contribution in [2.45, 2.75) is 0 Å². The van der Waals surface area contributed by atoms with Gasteiger partial charge in [0.05, 0.1) is 9.86 Å². The fourth-order valence-corrected chi connectivity index (χ4v) is 5.63. The van der Waals surface area contributed by atoms with Crippen molar-refractivity contribution in [2.75, 3.05) is 0 Å². The number of halogens is 1. The Morgan fingerprint density at radius 2 is 1.25 bits per heavy atom. The zero-order valence-corrected chi connectivity index (χ0v) is 17.4. The number of hydrogen-bond acceptors (Lipinski definition) is 2. The highest BCUT2D eigenvalue weighted by atomic mass is 79.9. The Bertz CT molecular complexity index is 1210. The third-order valence-corrected chi connectivity index (χ3v) is 7.14. The molecule has 5 rings (SSSR count). The molecule has 0 saturated heterocycles. The van der Waals surface area contributed by atoms with Gasteiger partial charge in [-0.3, -0.25) is 0 Å². The maximum absolute atomic E-state index is 6.76. The van der Waals surface area contributed by atoms with Crippen LogP contribution in [0.1, 0.15) is 0 Å². The van der Waals surface area contributed by atoms with Crippen LogP contribution < -0.4 is 15.1 Å². The molecule has 0 amide bonds. The van der Waals surface area contributed by atoms with E-state index in [1.807, 2.05) is 42.5 Å². The molecule has 0 unspecified atom stereocenters. The van der Waals surface area contributed by atoms with Gasteiger partial charge in [0.15, 0.2) is 8.15 Å². The van der Waals surface area contributed by atoms with Crippen LogP contribution >= 0.6 is 24.1 Å². The van der Waals surface area contributed by atoms with E-state index in [-0.39, 0.29) is 0 Å². The SMILES string of the molecule is Brc1ccc2oc3ccccc3c2c1OP(c1ccccc1)c1ccccc1. The van der Waals surface area contributed by atoms with Gasteiger partial charge < -0.3 is 8.94 Å². The molecule has 5 aromatic rings. The standard InChI is InChI=1S/C24H16BrO2P/c25-20-15-16-22-23(19-13-7-8-14-21(19)26-22)24(20)27-28(17-9-3-1-4-10-17)18-11-5-2-6-12-18/h1-16H. The van der Waals surface area contributed by atoms with Crippen LogP contribution in [0.15, 0.2) is 106 Å². The summed E-state index contributed by atoms with van der Waals surface area (Å²) in [5.74, 6) is 0.821. The molecule has 0 bridgehead atoms. The molecule has 0 N–H and O–H groups in total. The summed E-state index contributed by atoms with van der Waals surface area (Å²) in [6, 6.07) is 32.8.